The first-order valence-electron chi connectivity index (χ1n) is 4.11. The number of hydrazine groups is 1. The van der Waals surface area contributed by atoms with E-state index in [4.69, 9.17) is 5.11 Å². The molecular weight excluding hydrogens is 190 g/mol. The Hall–Kier alpha value is -1.79. The molecule has 0 aromatic heterocycles. The standard InChI is InChI=1S/C7H11N3O4/c1-2-14-8-10(13)9-5-3-4-6(9)7(11)12/h2,6H,1,3-5H2,(H,11,12)/b10-8+. The maximum absolute atomic E-state index is 11.2. The lowest BCUT2D eigenvalue weighted by atomic mass is 10.2. The fraction of sp³-hybridized carbons (Fsp3) is 0.571. The summed E-state index contributed by atoms with van der Waals surface area (Å²) in [6.07, 6.45) is 2.08. The Morgan fingerprint density at radius 2 is 2.57 bits per heavy atom. The van der Waals surface area contributed by atoms with Crippen molar-refractivity contribution in [2.24, 2.45) is 5.28 Å². The Balaban J connectivity index is 2.66. The molecule has 0 bridgehead atoms. The monoisotopic (exact) mass is 201 g/mol. The lowest BCUT2D eigenvalue weighted by Crippen LogP contribution is -2.40. The molecule has 7 heteroatoms. The summed E-state index contributed by atoms with van der Waals surface area (Å²) in [5.41, 5.74) is 0. The molecule has 1 aliphatic heterocycles. The molecule has 14 heavy (non-hydrogen) atoms. The van der Waals surface area contributed by atoms with Crippen molar-refractivity contribution in [1.82, 2.24) is 5.01 Å². The van der Waals surface area contributed by atoms with Crippen LogP contribution in [0.1, 0.15) is 12.8 Å². The first-order valence-corrected chi connectivity index (χ1v) is 4.11. The van der Waals surface area contributed by atoms with Gasteiger partial charge in [0, 0.05) is 0 Å². The Bertz CT molecular complexity index is 266. The minimum absolute atomic E-state index is 0.146. The minimum atomic E-state index is -1.03. The van der Waals surface area contributed by atoms with Gasteiger partial charge >= 0.3 is 5.97 Å². The van der Waals surface area contributed by atoms with Gasteiger partial charge in [-0.25, -0.2) is 4.79 Å². The number of nitrogens with zero attached hydrogens (tertiary/aromatic N) is 3. The van der Waals surface area contributed by atoms with Gasteiger partial charge in [-0.05, 0) is 12.8 Å². The van der Waals surface area contributed by atoms with Crippen LogP contribution < -0.4 is 0 Å². The highest BCUT2D eigenvalue weighted by atomic mass is 16.7. The number of hydrogen-bond acceptors (Lipinski definition) is 4. The highest BCUT2D eigenvalue weighted by Crippen LogP contribution is 2.17. The van der Waals surface area contributed by atoms with Crippen molar-refractivity contribution in [1.29, 1.82) is 0 Å². The van der Waals surface area contributed by atoms with Crippen LogP contribution in [0, 0.1) is 5.21 Å². The third kappa shape index (κ3) is 2.12. The van der Waals surface area contributed by atoms with Crippen molar-refractivity contribution >= 4 is 5.97 Å². The SMILES string of the molecule is C=CO/N=[N+](/[O-])N1CCCC1C(=O)O. The number of aliphatic carboxylic acids is 1. The molecule has 0 aromatic carbocycles. The van der Waals surface area contributed by atoms with Crippen LogP contribution in [-0.4, -0.2) is 33.6 Å². The molecular formula is C7H11N3O4. The second-order valence-electron chi connectivity index (χ2n) is 2.77. The van der Waals surface area contributed by atoms with Gasteiger partial charge in [0.05, 0.1) is 11.5 Å². The first kappa shape index (κ1) is 10.3. The van der Waals surface area contributed by atoms with Gasteiger partial charge in [0.25, 0.3) is 0 Å². The van der Waals surface area contributed by atoms with Gasteiger partial charge in [-0.3, -0.25) is 0 Å². The first-order chi connectivity index (χ1) is 6.66. The van der Waals surface area contributed by atoms with Crippen LogP contribution in [0.5, 0.6) is 0 Å². The van der Waals surface area contributed by atoms with E-state index in [1.165, 1.54) is 0 Å². The van der Waals surface area contributed by atoms with E-state index >= 15 is 0 Å². The molecule has 1 rings (SSSR count). The van der Waals surface area contributed by atoms with E-state index in [0.29, 0.717) is 19.4 Å². The summed E-state index contributed by atoms with van der Waals surface area (Å²) in [6, 6.07) is -0.815. The van der Waals surface area contributed by atoms with E-state index in [9.17, 15) is 10.0 Å². The molecule has 0 radical (unpaired) electrons. The normalized spacial score (nSPS) is 22.1. The van der Waals surface area contributed by atoms with Gasteiger partial charge in [0.15, 0.2) is 6.04 Å². The summed E-state index contributed by atoms with van der Waals surface area (Å²) in [4.78, 5) is 15.1. The van der Waals surface area contributed by atoms with Crippen LogP contribution in [0.25, 0.3) is 0 Å². The number of carbonyl (C=O) groups is 1. The van der Waals surface area contributed by atoms with E-state index in [1.54, 1.807) is 0 Å². The zero-order chi connectivity index (χ0) is 10.6. The van der Waals surface area contributed by atoms with Gasteiger partial charge < -0.3 is 15.2 Å². The molecule has 1 atom stereocenters. The molecule has 0 amide bonds. The maximum Gasteiger partial charge on any atom is 0.332 e. The Morgan fingerprint density at radius 3 is 3.14 bits per heavy atom. The van der Waals surface area contributed by atoms with Crippen molar-refractivity contribution in [3.63, 3.8) is 0 Å². The fourth-order valence-electron chi connectivity index (χ4n) is 1.33. The fourth-order valence-corrected chi connectivity index (χ4v) is 1.33. The molecule has 0 aromatic rings. The summed E-state index contributed by atoms with van der Waals surface area (Å²) in [7, 11) is 0. The summed E-state index contributed by atoms with van der Waals surface area (Å²) < 4.78 is 0. The quantitative estimate of drug-likeness (QED) is 0.309. The van der Waals surface area contributed by atoms with E-state index in [1.807, 2.05) is 0 Å². The number of hydrogen-bond donors (Lipinski definition) is 1. The largest absolute Gasteiger partial charge is 0.569 e. The van der Waals surface area contributed by atoms with Crippen LogP contribution in [0.3, 0.4) is 0 Å². The highest BCUT2D eigenvalue weighted by molar-refractivity contribution is 5.73. The van der Waals surface area contributed by atoms with Crippen molar-refractivity contribution in [2.45, 2.75) is 18.9 Å². The van der Waals surface area contributed by atoms with Gasteiger partial charge in [-0.15, -0.1) is 5.01 Å². The second kappa shape index (κ2) is 4.45. The van der Waals surface area contributed by atoms with E-state index in [-0.39, 0.29) is 4.97 Å². The zero-order valence-corrected chi connectivity index (χ0v) is 7.50. The number of carboxylic acids is 1. The molecule has 1 fully saturated rings. The molecule has 1 unspecified atom stereocenters. The third-order valence-corrected chi connectivity index (χ3v) is 1.92. The Morgan fingerprint density at radius 1 is 1.86 bits per heavy atom. The van der Waals surface area contributed by atoms with Crippen LogP contribution in [0.4, 0.5) is 0 Å². The molecule has 1 heterocycles. The Kier molecular flexibility index (Phi) is 3.27. The predicted molar refractivity (Wildman–Crippen MR) is 44.7 cm³/mol. The average molecular weight is 201 g/mol. The van der Waals surface area contributed by atoms with Gasteiger partial charge in [0.1, 0.15) is 6.26 Å². The zero-order valence-electron chi connectivity index (χ0n) is 7.50. The molecule has 1 aliphatic rings. The van der Waals surface area contributed by atoms with Crippen molar-refractivity contribution in [3.05, 3.63) is 18.0 Å². The number of rotatable bonds is 4. The summed E-state index contributed by atoms with van der Waals surface area (Å²) >= 11 is 0. The highest BCUT2D eigenvalue weighted by Gasteiger charge is 2.36. The molecule has 1 saturated heterocycles. The average Bonchev–Trinajstić information content (AvgIpc) is 2.62. The van der Waals surface area contributed by atoms with Crippen LogP contribution in [0.2, 0.25) is 0 Å². The Labute approximate surface area is 80.4 Å². The minimum Gasteiger partial charge on any atom is -0.569 e. The molecule has 0 saturated carbocycles. The second-order valence-corrected chi connectivity index (χ2v) is 2.77. The van der Waals surface area contributed by atoms with Gasteiger partial charge in [-0.1, -0.05) is 6.58 Å². The number of carboxylic acid groups (broad SMARTS) is 1. The van der Waals surface area contributed by atoms with E-state index in [2.05, 4.69) is 16.7 Å². The lowest BCUT2D eigenvalue weighted by Gasteiger charge is -2.15. The van der Waals surface area contributed by atoms with Gasteiger partial charge in [0.2, 0.25) is 5.28 Å². The van der Waals surface area contributed by atoms with Crippen molar-refractivity contribution in [3.8, 4) is 0 Å². The topological polar surface area (TPSA) is 88.2 Å². The molecule has 78 valence electrons. The van der Waals surface area contributed by atoms with Crippen LogP contribution in [-0.2, 0) is 9.63 Å². The lowest BCUT2D eigenvalue weighted by molar-refractivity contribution is -0.710. The van der Waals surface area contributed by atoms with Gasteiger partial charge in [-0.2, -0.15) is 0 Å². The van der Waals surface area contributed by atoms with Crippen LogP contribution >= 0.6 is 0 Å². The molecule has 0 aliphatic carbocycles. The van der Waals surface area contributed by atoms with E-state index < -0.39 is 12.0 Å². The summed E-state index contributed by atoms with van der Waals surface area (Å²) in [5.74, 6) is -1.03. The van der Waals surface area contributed by atoms with Crippen LogP contribution in [0.15, 0.2) is 18.1 Å². The predicted octanol–water partition coefficient (Wildman–Crippen LogP) is 0.488. The smallest absolute Gasteiger partial charge is 0.332 e. The maximum atomic E-state index is 11.2. The van der Waals surface area contributed by atoms with Crippen molar-refractivity contribution in [2.75, 3.05) is 6.54 Å². The summed E-state index contributed by atoms with van der Waals surface area (Å²) in [6.45, 7) is 3.56. The molecule has 1 N–H and O–H groups in total. The molecule has 0 spiro atoms. The van der Waals surface area contributed by atoms with Crippen molar-refractivity contribution < 1.29 is 19.7 Å². The third-order valence-electron chi connectivity index (χ3n) is 1.92. The molecule has 7 nitrogen and oxygen atoms in total. The van der Waals surface area contributed by atoms with E-state index in [0.717, 1.165) is 11.3 Å². The summed E-state index contributed by atoms with van der Waals surface area (Å²) in [5, 5.41) is 24.1.